The Balaban J connectivity index is 2.32. The SMILES string of the molecule is Cc1ccc(C)c(S(=O)(=O)NC2CCCCC2CO)c1N. The van der Waals surface area contributed by atoms with Gasteiger partial charge in [-0.15, -0.1) is 0 Å². The third kappa shape index (κ3) is 3.39. The fourth-order valence-corrected chi connectivity index (χ4v) is 4.77. The Morgan fingerprint density at radius 2 is 1.86 bits per heavy atom. The second-order valence-electron chi connectivity index (χ2n) is 5.90. The second-order valence-corrected chi connectivity index (χ2v) is 7.55. The molecule has 1 aromatic carbocycles. The number of sulfonamides is 1. The lowest BCUT2D eigenvalue weighted by Crippen LogP contribution is -2.43. The van der Waals surface area contributed by atoms with E-state index in [2.05, 4.69) is 4.72 Å². The predicted octanol–water partition coefficient (Wildman–Crippen LogP) is 1.72. The molecule has 6 heteroatoms. The number of nitrogens with one attached hydrogen (secondary N) is 1. The molecule has 1 aromatic rings. The molecule has 1 saturated carbocycles. The topological polar surface area (TPSA) is 92.4 Å². The maximum absolute atomic E-state index is 12.7. The molecule has 0 spiro atoms. The Hall–Kier alpha value is -1.11. The van der Waals surface area contributed by atoms with Crippen LogP contribution in [-0.4, -0.2) is 26.2 Å². The number of benzene rings is 1. The first-order valence-corrected chi connectivity index (χ1v) is 8.84. The molecular weight excluding hydrogens is 288 g/mol. The van der Waals surface area contributed by atoms with E-state index in [-0.39, 0.29) is 23.5 Å². The summed E-state index contributed by atoms with van der Waals surface area (Å²) >= 11 is 0. The van der Waals surface area contributed by atoms with Crippen LogP contribution in [0.15, 0.2) is 17.0 Å². The number of aliphatic hydroxyl groups excluding tert-OH is 1. The molecule has 5 nitrogen and oxygen atoms in total. The number of anilines is 1. The van der Waals surface area contributed by atoms with E-state index >= 15 is 0 Å². The molecule has 118 valence electrons. The van der Waals surface area contributed by atoms with Gasteiger partial charge in [-0.1, -0.05) is 25.0 Å². The van der Waals surface area contributed by atoms with Crippen molar-refractivity contribution >= 4 is 15.7 Å². The highest BCUT2D eigenvalue weighted by Crippen LogP contribution is 2.29. The minimum Gasteiger partial charge on any atom is -0.397 e. The van der Waals surface area contributed by atoms with Crippen LogP contribution in [-0.2, 0) is 10.0 Å². The average molecular weight is 312 g/mol. The lowest BCUT2D eigenvalue weighted by atomic mass is 9.86. The van der Waals surface area contributed by atoms with Gasteiger partial charge < -0.3 is 10.8 Å². The van der Waals surface area contributed by atoms with Crippen molar-refractivity contribution in [2.45, 2.75) is 50.5 Å². The van der Waals surface area contributed by atoms with E-state index in [9.17, 15) is 13.5 Å². The van der Waals surface area contributed by atoms with Crippen molar-refractivity contribution in [1.29, 1.82) is 0 Å². The smallest absolute Gasteiger partial charge is 0.243 e. The maximum Gasteiger partial charge on any atom is 0.243 e. The van der Waals surface area contributed by atoms with Crippen LogP contribution in [0.5, 0.6) is 0 Å². The Kier molecular flexibility index (Phi) is 4.91. The van der Waals surface area contributed by atoms with Crippen molar-refractivity contribution in [1.82, 2.24) is 4.72 Å². The van der Waals surface area contributed by atoms with Crippen molar-refractivity contribution in [3.63, 3.8) is 0 Å². The van der Waals surface area contributed by atoms with Crippen LogP contribution >= 0.6 is 0 Å². The van der Waals surface area contributed by atoms with Gasteiger partial charge in [-0.3, -0.25) is 0 Å². The first-order valence-electron chi connectivity index (χ1n) is 7.35. The molecule has 0 saturated heterocycles. The monoisotopic (exact) mass is 312 g/mol. The highest BCUT2D eigenvalue weighted by molar-refractivity contribution is 7.89. The normalized spacial score (nSPS) is 23.2. The van der Waals surface area contributed by atoms with Gasteiger partial charge in [0.2, 0.25) is 10.0 Å². The number of hydrogen-bond donors (Lipinski definition) is 3. The van der Waals surface area contributed by atoms with Gasteiger partial charge in [-0.25, -0.2) is 13.1 Å². The number of nitrogen functional groups attached to an aromatic ring is 1. The first kappa shape index (κ1) is 16.3. The fraction of sp³-hybridized carbons (Fsp3) is 0.600. The summed E-state index contributed by atoms with van der Waals surface area (Å²) in [4.78, 5) is 0.171. The molecule has 0 aliphatic heterocycles. The zero-order valence-electron chi connectivity index (χ0n) is 12.6. The average Bonchev–Trinajstić information content (AvgIpc) is 2.43. The third-order valence-corrected chi connectivity index (χ3v) is 6.02. The van der Waals surface area contributed by atoms with Crippen molar-refractivity contribution in [2.24, 2.45) is 5.92 Å². The second kappa shape index (κ2) is 6.34. The van der Waals surface area contributed by atoms with Crippen LogP contribution in [0.2, 0.25) is 0 Å². The molecule has 0 bridgehead atoms. The van der Waals surface area contributed by atoms with Gasteiger partial charge in [0.25, 0.3) is 0 Å². The van der Waals surface area contributed by atoms with Crippen molar-refractivity contribution < 1.29 is 13.5 Å². The largest absolute Gasteiger partial charge is 0.397 e. The van der Waals surface area contributed by atoms with Crippen molar-refractivity contribution in [2.75, 3.05) is 12.3 Å². The van der Waals surface area contributed by atoms with Gasteiger partial charge in [0.1, 0.15) is 4.90 Å². The van der Waals surface area contributed by atoms with Crippen molar-refractivity contribution in [3.05, 3.63) is 23.3 Å². The summed E-state index contributed by atoms with van der Waals surface area (Å²) in [5, 5.41) is 9.42. The van der Waals surface area contributed by atoms with Crippen LogP contribution in [0, 0.1) is 19.8 Å². The number of aliphatic hydroxyl groups is 1. The molecule has 0 aromatic heterocycles. The third-order valence-electron chi connectivity index (χ3n) is 4.33. The lowest BCUT2D eigenvalue weighted by molar-refractivity contribution is 0.164. The van der Waals surface area contributed by atoms with Crippen LogP contribution < -0.4 is 10.5 Å². The lowest BCUT2D eigenvalue weighted by Gasteiger charge is -2.31. The van der Waals surface area contributed by atoms with Crippen LogP contribution in [0.4, 0.5) is 5.69 Å². The Morgan fingerprint density at radius 1 is 1.24 bits per heavy atom. The van der Waals surface area contributed by atoms with E-state index < -0.39 is 10.0 Å². The molecule has 2 atom stereocenters. The first-order chi connectivity index (χ1) is 9.86. The standard InChI is InChI=1S/C15H24N2O3S/c1-10-7-8-11(2)15(14(10)16)21(19,20)17-13-6-4-3-5-12(13)9-18/h7-8,12-13,17-18H,3-6,9,16H2,1-2H3. The van der Waals surface area contributed by atoms with Gasteiger partial charge in [0, 0.05) is 12.6 Å². The fourth-order valence-electron chi connectivity index (χ4n) is 3.00. The highest BCUT2D eigenvalue weighted by Gasteiger charge is 2.30. The minimum atomic E-state index is -3.67. The number of hydrogen-bond acceptors (Lipinski definition) is 4. The molecule has 2 rings (SSSR count). The van der Waals surface area contributed by atoms with E-state index in [1.54, 1.807) is 19.9 Å². The zero-order valence-corrected chi connectivity index (χ0v) is 13.4. The van der Waals surface area contributed by atoms with Gasteiger partial charge in [0.05, 0.1) is 5.69 Å². The highest BCUT2D eigenvalue weighted by atomic mass is 32.2. The quantitative estimate of drug-likeness (QED) is 0.738. The van der Waals surface area contributed by atoms with E-state index in [0.29, 0.717) is 11.3 Å². The molecule has 1 fully saturated rings. The molecule has 0 amide bonds. The summed E-state index contributed by atoms with van der Waals surface area (Å²) in [7, 11) is -3.67. The van der Waals surface area contributed by atoms with Crippen LogP contribution in [0.3, 0.4) is 0 Å². The Morgan fingerprint density at radius 3 is 2.52 bits per heavy atom. The maximum atomic E-state index is 12.7. The molecule has 1 aliphatic carbocycles. The summed E-state index contributed by atoms with van der Waals surface area (Å²) in [5.41, 5.74) is 7.67. The van der Waals surface area contributed by atoms with Gasteiger partial charge in [-0.05, 0) is 43.7 Å². The van der Waals surface area contributed by atoms with E-state index in [4.69, 9.17) is 5.73 Å². The van der Waals surface area contributed by atoms with Crippen molar-refractivity contribution in [3.8, 4) is 0 Å². The molecule has 2 unspecified atom stereocenters. The van der Waals surface area contributed by atoms with Gasteiger partial charge in [-0.2, -0.15) is 0 Å². The summed E-state index contributed by atoms with van der Waals surface area (Å²) in [5.74, 6) is -0.0140. The van der Waals surface area contributed by atoms with Crippen LogP contribution in [0.25, 0.3) is 0 Å². The molecular formula is C15H24N2O3S. The minimum absolute atomic E-state index is 0.00939. The summed E-state index contributed by atoms with van der Waals surface area (Å²) in [6.45, 7) is 3.55. The van der Waals surface area contributed by atoms with E-state index in [0.717, 1.165) is 31.2 Å². The molecule has 1 aliphatic rings. The molecule has 4 N–H and O–H groups in total. The summed E-state index contributed by atoms with van der Waals surface area (Å²) < 4.78 is 28.1. The summed E-state index contributed by atoms with van der Waals surface area (Å²) in [6.07, 6.45) is 3.63. The Labute approximate surface area is 126 Å². The van der Waals surface area contributed by atoms with Crippen LogP contribution in [0.1, 0.15) is 36.8 Å². The summed E-state index contributed by atoms with van der Waals surface area (Å²) in [6, 6.07) is 3.37. The van der Waals surface area contributed by atoms with E-state index in [1.165, 1.54) is 0 Å². The molecule has 0 radical (unpaired) electrons. The number of aryl methyl sites for hydroxylation is 2. The molecule has 21 heavy (non-hydrogen) atoms. The Bertz CT molecular complexity index is 614. The van der Waals surface area contributed by atoms with E-state index in [1.807, 2.05) is 6.07 Å². The molecule has 0 heterocycles. The number of rotatable bonds is 4. The van der Waals surface area contributed by atoms with Gasteiger partial charge in [0.15, 0.2) is 0 Å². The zero-order chi connectivity index (χ0) is 15.6. The number of nitrogens with two attached hydrogens (primary N) is 1. The predicted molar refractivity (Wildman–Crippen MR) is 83.5 cm³/mol. The van der Waals surface area contributed by atoms with Gasteiger partial charge >= 0.3 is 0 Å².